The molecule has 0 radical (unpaired) electrons. The molecule has 11 nitrogen and oxygen atoms in total. The number of nitrogens with one attached hydrogen (secondary N) is 1. The molecule has 1 fully saturated rings. The molecule has 2 aliphatic rings. The highest BCUT2D eigenvalue weighted by Crippen LogP contribution is 2.34. The molecule has 13 heteroatoms. The van der Waals surface area contributed by atoms with Crippen LogP contribution in [-0.2, 0) is 17.8 Å². The zero-order valence-corrected chi connectivity index (χ0v) is 18.8. The number of rotatable bonds is 6. The summed E-state index contributed by atoms with van der Waals surface area (Å²) < 4.78 is 6.37. The number of benzene rings is 1. The Balaban J connectivity index is 1.56. The van der Waals surface area contributed by atoms with Crippen molar-refractivity contribution >= 4 is 41.2 Å². The van der Waals surface area contributed by atoms with Crippen LogP contribution >= 0.6 is 11.3 Å². The van der Waals surface area contributed by atoms with E-state index in [1.807, 2.05) is 0 Å². The van der Waals surface area contributed by atoms with E-state index in [-0.39, 0.29) is 34.3 Å². The fourth-order valence-corrected chi connectivity index (χ4v) is 5.05. The van der Waals surface area contributed by atoms with E-state index in [4.69, 9.17) is 10.4 Å². The summed E-state index contributed by atoms with van der Waals surface area (Å²) in [4.78, 5) is 28.7. The molecule has 2 aliphatic heterocycles. The quantitative estimate of drug-likeness (QED) is 0.133. The van der Waals surface area contributed by atoms with Gasteiger partial charge in [-0.05, 0) is 12.0 Å². The summed E-state index contributed by atoms with van der Waals surface area (Å²) in [7, 11) is 0.613. The van der Waals surface area contributed by atoms with Gasteiger partial charge in [-0.3, -0.25) is 4.79 Å². The molecule has 33 heavy (non-hydrogen) atoms. The van der Waals surface area contributed by atoms with E-state index in [0.717, 1.165) is 41.8 Å². The van der Waals surface area contributed by atoms with E-state index in [9.17, 15) is 24.9 Å². The number of carbonyl (C=O) groups excluding carboxylic acids is 1. The molecule has 2 aromatic rings. The van der Waals surface area contributed by atoms with E-state index in [1.165, 1.54) is 5.38 Å². The van der Waals surface area contributed by atoms with Crippen LogP contribution in [0, 0.1) is 0 Å². The summed E-state index contributed by atoms with van der Waals surface area (Å²) in [6, 6.07) is 3.55. The molecular weight excluding hydrogens is 449 g/mol. The van der Waals surface area contributed by atoms with Gasteiger partial charge in [0.15, 0.2) is 10.8 Å². The third-order valence-corrected chi connectivity index (χ3v) is 6.83. The van der Waals surface area contributed by atoms with Crippen molar-refractivity contribution < 1.29 is 34.1 Å². The molecule has 0 unspecified atom stereocenters. The molecule has 1 amide bonds. The second-order valence-electron chi connectivity index (χ2n) is 8.64. The van der Waals surface area contributed by atoms with Gasteiger partial charge in [0.05, 0.1) is 26.1 Å². The standard InChI is InChI=1S/C20H24BN5O6S/c1-26(6-2-3-7-26)9-12-5-4-11-8-14(21(30)32-17(11)15(12)19(28)29)24-18(27)16(25-31)13-10-33-20(22)23-13/h4-5,10,14,30H,2-3,6-9H2,1H3,(H4-,22,23,24,27,28,29,31)/p+1/t14-/m0/s1. The van der Waals surface area contributed by atoms with Gasteiger partial charge in [-0.2, -0.15) is 0 Å². The Hall–Kier alpha value is -3.16. The molecule has 1 atom stereocenters. The van der Waals surface area contributed by atoms with Crippen molar-refractivity contribution in [3.8, 4) is 5.75 Å². The van der Waals surface area contributed by atoms with Gasteiger partial charge in [0.25, 0.3) is 5.91 Å². The third kappa shape index (κ3) is 4.65. The maximum atomic E-state index is 12.6. The van der Waals surface area contributed by atoms with Crippen LogP contribution in [-0.4, -0.2) is 75.6 Å². The number of nitrogen functional groups attached to an aromatic ring is 1. The minimum absolute atomic E-state index is 0.0399. The van der Waals surface area contributed by atoms with Crippen molar-refractivity contribution in [2.24, 2.45) is 5.16 Å². The van der Waals surface area contributed by atoms with Crippen LogP contribution in [0.3, 0.4) is 0 Å². The lowest BCUT2D eigenvalue weighted by atomic mass is 9.72. The number of aromatic nitrogens is 1. The summed E-state index contributed by atoms with van der Waals surface area (Å²) in [6.45, 7) is 2.52. The normalized spacial score (nSPS) is 19.6. The lowest BCUT2D eigenvalue weighted by Gasteiger charge is -2.32. The monoisotopic (exact) mass is 474 g/mol. The topological polar surface area (TPSA) is 167 Å². The van der Waals surface area contributed by atoms with Crippen molar-refractivity contribution in [1.82, 2.24) is 10.3 Å². The lowest BCUT2D eigenvalue weighted by molar-refractivity contribution is -0.910. The van der Waals surface area contributed by atoms with E-state index >= 15 is 0 Å². The van der Waals surface area contributed by atoms with Gasteiger partial charge in [0, 0.05) is 23.8 Å². The van der Waals surface area contributed by atoms with E-state index in [1.54, 1.807) is 12.1 Å². The second-order valence-corrected chi connectivity index (χ2v) is 9.53. The number of nitrogens with two attached hydrogens (primary N) is 1. The predicted molar refractivity (Wildman–Crippen MR) is 121 cm³/mol. The van der Waals surface area contributed by atoms with Crippen LogP contribution < -0.4 is 15.7 Å². The number of likely N-dealkylation sites (tertiary alicyclic amines) is 1. The number of carbonyl (C=O) groups is 2. The van der Waals surface area contributed by atoms with Gasteiger partial charge in [0.2, 0.25) is 0 Å². The third-order valence-electron chi connectivity index (χ3n) is 6.16. The SMILES string of the molecule is C[N+]1(Cc2ccc3c(c2C(=O)O)OB(O)[C@@H](NC(=O)/C(=N\O)c2csc(N)n2)C3)CCCC1. The van der Waals surface area contributed by atoms with E-state index in [0.29, 0.717) is 17.7 Å². The summed E-state index contributed by atoms with van der Waals surface area (Å²) in [5.41, 5.74) is 6.55. The number of anilines is 1. The zero-order chi connectivity index (χ0) is 23.8. The average Bonchev–Trinajstić information content (AvgIpc) is 3.37. The number of carboxylic acid groups (broad SMARTS) is 1. The smallest absolute Gasteiger partial charge is 0.534 e. The highest BCUT2D eigenvalue weighted by atomic mass is 32.1. The Morgan fingerprint density at radius 3 is 2.73 bits per heavy atom. The summed E-state index contributed by atoms with van der Waals surface area (Å²) >= 11 is 1.08. The van der Waals surface area contributed by atoms with Gasteiger partial charge in [-0.25, -0.2) is 9.78 Å². The number of nitrogens with zero attached hydrogens (tertiary/aromatic N) is 3. The number of aromatic carboxylic acids is 1. The Morgan fingerprint density at radius 2 is 2.12 bits per heavy atom. The molecule has 0 saturated carbocycles. The largest absolute Gasteiger partial charge is 0.547 e. The Morgan fingerprint density at radius 1 is 1.39 bits per heavy atom. The first kappa shape index (κ1) is 23.0. The number of carboxylic acids is 1. The Labute approximate surface area is 194 Å². The first-order valence-electron chi connectivity index (χ1n) is 10.5. The number of thiazole rings is 1. The molecular formula is C20H25BN5O6S+. The minimum Gasteiger partial charge on any atom is -0.534 e. The summed E-state index contributed by atoms with van der Waals surface area (Å²) in [6.07, 6.45) is 2.34. The van der Waals surface area contributed by atoms with Crippen LogP contribution in [0.1, 0.15) is 40.0 Å². The van der Waals surface area contributed by atoms with Crippen molar-refractivity contribution in [3.63, 3.8) is 0 Å². The maximum absolute atomic E-state index is 12.6. The first-order chi connectivity index (χ1) is 15.7. The molecule has 174 valence electrons. The number of amides is 1. The Bertz CT molecular complexity index is 1120. The first-order valence-corrected chi connectivity index (χ1v) is 11.4. The number of hydrogen-bond donors (Lipinski definition) is 5. The van der Waals surface area contributed by atoms with Crippen LogP contribution in [0.5, 0.6) is 5.75 Å². The highest BCUT2D eigenvalue weighted by Gasteiger charge is 2.40. The lowest BCUT2D eigenvalue weighted by Crippen LogP contribution is -2.54. The number of oxime groups is 1. The van der Waals surface area contributed by atoms with Crippen molar-refractivity contribution in [2.45, 2.75) is 31.7 Å². The molecule has 0 aliphatic carbocycles. The van der Waals surface area contributed by atoms with Gasteiger partial charge >= 0.3 is 13.1 Å². The molecule has 4 rings (SSSR count). The predicted octanol–water partition coefficient (Wildman–Crippen LogP) is 0.482. The number of hydrogen-bond acceptors (Lipinski definition) is 9. The van der Waals surface area contributed by atoms with E-state index in [2.05, 4.69) is 22.5 Å². The molecule has 0 spiro atoms. The second kappa shape index (κ2) is 9.00. The molecule has 1 saturated heterocycles. The number of fused-ring (bicyclic) bond motifs is 1. The van der Waals surface area contributed by atoms with Gasteiger partial charge in [0.1, 0.15) is 23.6 Å². The summed E-state index contributed by atoms with van der Waals surface area (Å²) in [5.74, 6) is -2.68. The fourth-order valence-electron chi connectivity index (χ4n) is 4.51. The summed E-state index contributed by atoms with van der Waals surface area (Å²) in [5, 5.41) is 37.0. The molecule has 6 N–H and O–H groups in total. The van der Waals surface area contributed by atoms with Crippen molar-refractivity contribution in [1.29, 1.82) is 0 Å². The molecule has 1 aromatic carbocycles. The molecule has 3 heterocycles. The van der Waals surface area contributed by atoms with Gasteiger partial charge in [-0.15, -0.1) is 11.3 Å². The maximum Gasteiger partial charge on any atom is 0.547 e. The number of quaternary nitrogens is 1. The van der Waals surface area contributed by atoms with Crippen molar-refractivity contribution in [3.05, 3.63) is 39.9 Å². The minimum atomic E-state index is -1.49. The van der Waals surface area contributed by atoms with Crippen molar-refractivity contribution in [2.75, 3.05) is 25.9 Å². The fraction of sp³-hybridized carbons (Fsp3) is 0.400. The van der Waals surface area contributed by atoms with Crippen LogP contribution in [0.2, 0.25) is 0 Å². The van der Waals surface area contributed by atoms with Crippen LogP contribution in [0.25, 0.3) is 0 Å². The van der Waals surface area contributed by atoms with Crippen LogP contribution in [0.15, 0.2) is 22.7 Å². The van der Waals surface area contributed by atoms with E-state index < -0.39 is 24.9 Å². The molecule has 0 bridgehead atoms. The highest BCUT2D eigenvalue weighted by molar-refractivity contribution is 7.13. The van der Waals surface area contributed by atoms with Crippen LogP contribution in [0.4, 0.5) is 5.13 Å². The Kier molecular flexibility index (Phi) is 6.28. The zero-order valence-electron chi connectivity index (χ0n) is 18.0. The van der Waals surface area contributed by atoms with Gasteiger partial charge in [-0.1, -0.05) is 17.3 Å². The average molecular weight is 474 g/mol. The van der Waals surface area contributed by atoms with Gasteiger partial charge < -0.3 is 35.5 Å². The molecule has 1 aromatic heterocycles.